The minimum Gasteiger partial charge on any atom is -0.467 e. The second-order valence-corrected chi connectivity index (χ2v) is 3.34. The van der Waals surface area contributed by atoms with E-state index in [2.05, 4.69) is 0 Å². The number of hydrogen-bond donors (Lipinski definition) is 1. The number of para-hydroxylation sites is 1. The van der Waals surface area contributed by atoms with Gasteiger partial charge in [0.05, 0.1) is 6.61 Å². The molecule has 0 bridgehead atoms. The molecule has 1 aliphatic rings. The highest BCUT2D eigenvalue weighted by Gasteiger charge is 2.13. The zero-order chi connectivity index (χ0) is 9.80. The number of fused-ring (bicyclic) bond motifs is 1. The third-order valence-corrected chi connectivity index (χ3v) is 2.33. The average molecular weight is 194 g/mol. The first-order valence-electron chi connectivity index (χ1n) is 4.84. The van der Waals surface area contributed by atoms with Crippen molar-refractivity contribution >= 4 is 0 Å². The van der Waals surface area contributed by atoms with Crippen molar-refractivity contribution in [3.05, 3.63) is 29.3 Å². The summed E-state index contributed by atoms with van der Waals surface area (Å²) in [4.78, 5) is 0. The zero-order valence-corrected chi connectivity index (χ0v) is 8.03. The summed E-state index contributed by atoms with van der Waals surface area (Å²) >= 11 is 0. The maximum atomic E-state index is 8.77. The predicted octanol–water partition coefficient (Wildman–Crippen LogP) is 1.48. The Labute approximate surface area is 83.3 Å². The fourth-order valence-electron chi connectivity index (χ4n) is 1.66. The molecule has 1 N–H and O–H groups in total. The van der Waals surface area contributed by atoms with Crippen molar-refractivity contribution in [3.63, 3.8) is 0 Å². The van der Waals surface area contributed by atoms with E-state index in [1.165, 1.54) is 5.56 Å². The standard InChI is InChI=1S/C11H14O3/c12-6-2-5-9-3-1-4-10-7-13-8-14-11(9)10/h1,3-4,12H,2,5-8H2. The van der Waals surface area contributed by atoms with Gasteiger partial charge in [0.1, 0.15) is 5.75 Å². The van der Waals surface area contributed by atoms with E-state index in [1.807, 2.05) is 18.2 Å². The van der Waals surface area contributed by atoms with E-state index < -0.39 is 0 Å². The molecule has 2 rings (SSSR count). The van der Waals surface area contributed by atoms with Crippen LogP contribution in [-0.2, 0) is 17.8 Å². The summed E-state index contributed by atoms with van der Waals surface area (Å²) in [7, 11) is 0. The molecule has 14 heavy (non-hydrogen) atoms. The van der Waals surface area contributed by atoms with Crippen LogP contribution in [0.1, 0.15) is 17.5 Å². The van der Waals surface area contributed by atoms with Crippen molar-refractivity contribution < 1.29 is 14.6 Å². The van der Waals surface area contributed by atoms with Gasteiger partial charge in [0.15, 0.2) is 6.79 Å². The SMILES string of the molecule is OCCCc1cccc2c1OCOC2. The normalized spacial score (nSPS) is 14.6. The summed E-state index contributed by atoms with van der Waals surface area (Å²) in [6, 6.07) is 6.06. The van der Waals surface area contributed by atoms with Crippen LogP contribution in [0.4, 0.5) is 0 Å². The average Bonchev–Trinajstić information content (AvgIpc) is 2.26. The highest BCUT2D eigenvalue weighted by Crippen LogP contribution is 2.28. The Morgan fingerprint density at radius 2 is 2.29 bits per heavy atom. The number of rotatable bonds is 3. The summed E-state index contributed by atoms with van der Waals surface area (Å²) in [5, 5.41) is 8.77. The lowest BCUT2D eigenvalue weighted by Gasteiger charge is -2.20. The van der Waals surface area contributed by atoms with Crippen LogP contribution in [0, 0.1) is 0 Å². The molecule has 1 aromatic rings. The largest absolute Gasteiger partial charge is 0.467 e. The quantitative estimate of drug-likeness (QED) is 0.792. The van der Waals surface area contributed by atoms with Gasteiger partial charge in [-0.2, -0.15) is 0 Å². The van der Waals surface area contributed by atoms with Gasteiger partial charge < -0.3 is 14.6 Å². The van der Waals surface area contributed by atoms with Gasteiger partial charge in [-0.1, -0.05) is 18.2 Å². The van der Waals surface area contributed by atoms with Crippen LogP contribution >= 0.6 is 0 Å². The molecule has 0 fully saturated rings. The van der Waals surface area contributed by atoms with Crippen LogP contribution in [0.5, 0.6) is 5.75 Å². The molecule has 76 valence electrons. The number of aryl methyl sites for hydroxylation is 1. The summed E-state index contributed by atoms with van der Waals surface area (Å²) in [5.41, 5.74) is 2.27. The molecule has 0 aliphatic carbocycles. The molecule has 0 atom stereocenters. The first-order valence-corrected chi connectivity index (χ1v) is 4.84. The van der Waals surface area contributed by atoms with Gasteiger partial charge in [-0.15, -0.1) is 0 Å². The molecule has 0 saturated heterocycles. The van der Waals surface area contributed by atoms with Crippen LogP contribution in [-0.4, -0.2) is 18.5 Å². The van der Waals surface area contributed by atoms with Crippen molar-refractivity contribution in [1.29, 1.82) is 0 Å². The molecular weight excluding hydrogens is 180 g/mol. The van der Waals surface area contributed by atoms with E-state index in [0.717, 1.165) is 24.2 Å². The Balaban J connectivity index is 2.21. The molecule has 1 heterocycles. The van der Waals surface area contributed by atoms with Crippen LogP contribution in [0.3, 0.4) is 0 Å². The van der Waals surface area contributed by atoms with Crippen molar-refractivity contribution in [2.75, 3.05) is 13.4 Å². The number of ether oxygens (including phenoxy) is 2. The molecule has 0 radical (unpaired) electrons. The van der Waals surface area contributed by atoms with Gasteiger partial charge in [-0.3, -0.25) is 0 Å². The minimum absolute atomic E-state index is 0.222. The van der Waals surface area contributed by atoms with E-state index in [1.54, 1.807) is 0 Å². The zero-order valence-electron chi connectivity index (χ0n) is 8.03. The summed E-state index contributed by atoms with van der Waals surface area (Å²) in [6.45, 7) is 1.19. The van der Waals surface area contributed by atoms with Crippen molar-refractivity contribution in [2.24, 2.45) is 0 Å². The number of hydrogen-bond acceptors (Lipinski definition) is 3. The first kappa shape index (κ1) is 9.49. The van der Waals surface area contributed by atoms with Crippen LogP contribution in [0.2, 0.25) is 0 Å². The number of benzene rings is 1. The number of aliphatic hydroxyl groups is 1. The summed E-state index contributed by atoms with van der Waals surface area (Å²) in [6.07, 6.45) is 1.64. The smallest absolute Gasteiger partial charge is 0.189 e. The van der Waals surface area contributed by atoms with Gasteiger partial charge in [-0.25, -0.2) is 0 Å². The van der Waals surface area contributed by atoms with E-state index in [-0.39, 0.29) is 6.61 Å². The first-order chi connectivity index (χ1) is 6.92. The van der Waals surface area contributed by atoms with E-state index >= 15 is 0 Å². The third kappa shape index (κ3) is 1.89. The van der Waals surface area contributed by atoms with E-state index in [0.29, 0.717) is 13.4 Å². The monoisotopic (exact) mass is 194 g/mol. The molecule has 0 amide bonds. The van der Waals surface area contributed by atoms with Gasteiger partial charge in [0.2, 0.25) is 0 Å². The minimum atomic E-state index is 0.222. The molecule has 1 aliphatic heterocycles. The second kappa shape index (κ2) is 4.44. The summed E-state index contributed by atoms with van der Waals surface area (Å²) in [5.74, 6) is 0.951. The lowest BCUT2D eigenvalue weighted by atomic mass is 10.0. The Kier molecular flexibility index (Phi) is 3.01. The van der Waals surface area contributed by atoms with Crippen molar-refractivity contribution in [1.82, 2.24) is 0 Å². The Morgan fingerprint density at radius 3 is 3.14 bits per heavy atom. The molecule has 0 aromatic heterocycles. The Hall–Kier alpha value is -1.06. The van der Waals surface area contributed by atoms with E-state index in [4.69, 9.17) is 14.6 Å². The topological polar surface area (TPSA) is 38.7 Å². The number of aliphatic hydroxyl groups excluding tert-OH is 1. The molecular formula is C11H14O3. The fraction of sp³-hybridized carbons (Fsp3) is 0.455. The Bertz CT molecular complexity index is 309. The van der Waals surface area contributed by atoms with Crippen molar-refractivity contribution in [3.8, 4) is 5.75 Å². The maximum absolute atomic E-state index is 8.77. The van der Waals surface area contributed by atoms with E-state index in [9.17, 15) is 0 Å². The lowest BCUT2D eigenvalue weighted by molar-refractivity contribution is -0.0170. The van der Waals surface area contributed by atoms with Gasteiger partial charge in [0.25, 0.3) is 0 Å². The second-order valence-electron chi connectivity index (χ2n) is 3.34. The molecule has 0 saturated carbocycles. The maximum Gasteiger partial charge on any atom is 0.189 e. The van der Waals surface area contributed by atoms with Crippen LogP contribution < -0.4 is 4.74 Å². The molecule has 0 unspecified atom stereocenters. The fourth-order valence-corrected chi connectivity index (χ4v) is 1.66. The van der Waals surface area contributed by atoms with Gasteiger partial charge in [0, 0.05) is 12.2 Å². The predicted molar refractivity (Wildman–Crippen MR) is 52.1 cm³/mol. The van der Waals surface area contributed by atoms with Gasteiger partial charge >= 0.3 is 0 Å². The van der Waals surface area contributed by atoms with Crippen LogP contribution in [0.15, 0.2) is 18.2 Å². The van der Waals surface area contributed by atoms with Crippen molar-refractivity contribution in [2.45, 2.75) is 19.4 Å². The highest BCUT2D eigenvalue weighted by atomic mass is 16.7. The summed E-state index contributed by atoms with van der Waals surface area (Å²) < 4.78 is 10.6. The third-order valence-electron chi connectivity index (χ3n) is 2.33. The lowest BCUT2D eigenvalue weighted by Crippen LogP contribution is -2.13. The van der Waals surface area contributed by atoms with Crippen LogP contribution in [0.25, 0.3) is 0 Å². The molecule has 3 heteroatoms. The van der Waals surface area contributed by atoms with Gasteiger partial charge in [-0.05, 0) is 18.4 Å². The molecule has 0 spiro atoms. The molecule has 3 nitrogen and oxygen atoms in total. The Morgan fingerprint density at radius 1 is 1.36 bits per heavy atom. The molecule has 1 aromatic carbocycles. The highest BCUT2D eigenvalue weighted by molar-refractivity contribution is 5.41.